The summed E-state index contributed by atoms with van der Waals surface area (Å²) in [5, 5.41) is 11.7. The van der Waals surface area contributed by atoms with Crippen molar-refractivity contribution in [1.29, 1.82) is 0 Å². The van der Waals surface area contributed by atoms with Crippen molar-refractivity contribution in [2.24, 2.45) is 7.05 Å². The largest absolute Gasteiger partial charge is 0.465 e. The fourth-order valence-corrected chi connectivity index (χ4v) is 3.82. The molecule has 33 heavy (non-hydrogen) atoms. The van der Waals surface area contributed by atoms with Gasteiger partial charge in [-0.05, 0) is 30.2 Å². The lowest BCUT2D eigenvalue weighted by atomic mass is 10.1. The summed E-state index contributed by atoms with van der Waals surface area (Å²) in [6.45, 7) is 0. The number of hydrogen-bond donors (Lipinski definition) is 1. The van der Waals surface area contributed by atoms with Gasteiger partial charge in [-0.3, -0.25) is 4.79 Å². The topological polar surface area (TPSA) is 112 Å². The van der Waals surface area contributed by atoms with Gasteiger partial charge in [-0.25, -0.2) is 9.59 Å². The number of anilines is 1. The summed E-state index contributed by atoms with van der Waals surface area (Å²) in [6, 6.07) is 14.3. The molecule has 10 heteroatoms. The molecule has 0 aliphatic carbocycles. The zero-order valence-electron chi connectivity index (χ0n) is 18.5. The minimum Gasteiger partial charge on any atom is -0.465 e. The number of aryl methyl sites for hydroxylation is 2. The Kier molecular flexibility index (Phi) is 8.20. The highest BCUT2D eigenvalue weighted by Gasteiger charge is 2.18. The monoisotopic (exact) mass is 468 g/mol. The first-order valence-electron chi connectivity index (χ1n) is 10.1. The van der Waals surface area contributed by atoms with Gasteiger partial charge in [-0.1, -0.05) is 42.1 Å². The van der Waals surface area contributed by atoms with Crippen molar-refractivity contribution in [3.8, 4) is 0 Å². The van der Waals surface area contributed by atoms with Crippen LogP contribution in [0.5, 0.6) is 0 Å². The molecule has 3 rings (SSSR count). The molecule has 1 aromatic heterocycles. The predicted molar refractivity (Wildman–Crippen MR) is 123 cm³/mol. The molecule has 2 aromatic carbocycles. The van der Waals surface area contributed by atoms with Crippen molar-refractivity contribution in [2.45, 2.75) is 18.0 Å². The Labute approximate surface area is 195 Å². The number of thioether (sulfide) groups is 1. The van der Waals surface area contributed by atoms with Gasteiger partial charge in [0.1, 0.15) is 5.82 Å². The lowest BCUT2D eigenvalue weighted by Gasteiger charge is -2.11. The van der Waals surface area contributed by atoms with Crippen molar-refractivity contribution in [2.75, 3.05) is 25.3 Å². The number of methoxy groups -OCH3 is 2. The maximum atomic E-state index is 12.6. The van der Waals surface area contributed by atoms with E-state index < -0.39 is 11.9 Å². The highest BCUT2D eigenvalue weighted by molar-refractivity contribution is 7.99. The van der Waals surface area contributed by atoms with E-state index in [4.69, 9.17) is 9.47 Å². The molecule has 0 aliphatic heterocycles. The van der Waals surface area contributed by atoms with Gasteiger partial charge in [0.2, 0.25) is 5.91 Å². The van der Waals surface area contributed by atoms with E-state index >= 15 is 0 Å². The molecule has 0 spiro atoms. The number of rotatable bonds is 9. The highest BCUT2D eigenvalue weighted by atomic mass is 32.2. The fraction of sp³-hybridized carbons (Fsp3) is 0.261. The number of carbonyl (C=O) groups is 3. The number of aromatic nitrogens is 3. The van der Waals surface area contributed by atoms with Crippen LogP contribution in [0.25, 0.3) is 0 Å². The van der Waals surface area contributed by atoms with Gasteiger partial charge in [0.25, 0.3) is 0 Å². The molecule has 3 aromatic rings. The van der Waals surface area contributed by atoms with Crippen LogP contribution in [-0.4, -0.2) is 52.6 Å². The van der Waals surface area contributed by atoms with Gasteiger partial charge in [0.15, 0.2) is 5.16 Å². The second-order valence-corrected chi connectivity index (χ2v) is 7.97. The number of hydrogen-bond acceptors (Lipinski definition) is 8. The van der Waals surface area contributed by atoms with Crippen molar-refractivity contribution in [3.63, 3.8) is 0 Å². The van der Waals surface area contributed by atoms with Gasteiger partial charge >= 0.3 is 11.9 Å². The molecule has 0 atom stereocenters. The first kappa shape index (κ1) is 24.0. The number of esters is 2. The number of ether oxygens (including phenoxy) is 2. The molecule has 0 radical (unpaired) electrons. The molecular formula is C23H24N4O5S. The Morgan fingerprint density at radius 2 is 1.70 bits per heavy atom. The maximum Gasteiger partial charge on any atom is 0.339 e. The smallest absolute Gasteiger partial charge is 0.339 e. The third kappa shape index (κ3) is 6.19. The molecule has 0 fully saturated rings. The van der Waals surface area contributed by atoms with E-state index in [0.29, 0.717) is 5.16 Å². The molecule has 0 bridgehead atoms. The molecule has 172 valence electrons. The van der Waals surface area contributed by atoms with Crippen LogP contribution in [0.15, 0.2) is 53.7 Å². The summed E-state index contributed by atoms with van der Waals surface area (Å²) in [7, 11) is 4.34. The van der Waals surface area contributed by atoms with Gasteiger partial charge in [0, 0.05) is 13.5 Å². The molecule has 1 heterocycles. The number of nitrogens with zero attached hydrogens (tertiary/aromatic N) is 3. The Morgan fingerprint density at radius 3 is 2.39 bits per heavy atom. The number of amides is 1. The number of nitrogens with one attached hydrogen (secondary N) is 1. The molecule has 0 unspecified atom stereocenters. The van der Waals surface area contributed by atoms with E-state index in [2.05, 4.69) is 27.6 Å². The van der Waals surface area contributed by atoms with E-state index in [1.807, 2.05) is 29.8 Å². The summed E-state index contributed by atoms with van der Waals surface area (Å²) in [6.07, 6.45) is 1.56. The van der Waals surface area contributed by atoms with Gasteiger partial charge < -0.3 is 19.4 Å². The molecule has 9 nitrogen and oxygen atoms in total. The van der Waals surface area contributed by atoms with Crippen LogP contribution in [0.2, 0.25) is 0 Å². The van der Waals surface area contributed by atoms with Gasteiger partial charge in [0.05, 0.1) is 36.8 Å². The summed E-state index contributed by atoms with van der Waals surface area (Å²) >= 11 is 1.22. The molecule has 0 aliphatic rings. The van der Waals surface area contributed by atoms with Crippen LogP contribution >= 0.6 is 11.8 Å². The second-order valence-electron chi connectivity index (χ2n) is 7.02. The standard InChI is InChI=1S/C23H24N4O5S/c1-27-19(12-9-15-7-5-4-6-8-15)25-26-23(27)33-14-20(28)24-18-13-16(21(29)31-2)10-11-17(18)22(30)32-3/h4-8,10-11,13H,9,12,14H2,1-3H3,(H,24,28). The maximum absolute atomic E-state index is 12.6. The lowest BCUT2D eigenvalue weighted by Crippen LogP contribution is -2.18. The first-order valence-corrected chi connectivity index (χ1v) is 11.1. The minimum atomic E-state index is -0.634. The molecule has 0 saturated heterocycles. The number of benzene rings is 2. The minimum absolute atomic E-state index is 0.0354. The lowest BCUT2D eigenvalue weighted by molar-refractivity contribution is -0.113. The Balaban J connectivity index is 1.64. The molecule has 0 saturated carbocycles. The first-order chi connectivity index (χ1) is 15.9. The SMILES string of the molecule is COC(=O)c1ccc(C(=O)OC)c(NC(=O)CSc2nnc(CCc3ccccc3)n2C)c1. The fourth-order valence-electron chi connectivity index (χ4n) is 3.09. The molecule has 1 amide bonds. The third-order valence-electron chi connectivity index (χ3n) is 4.86. The molecule has 1 N–H and O–H groups in total. The quantitative estimate of drug-likeness (QED) is 0.377. The summed E-state index contributed by atoms with van der Waals surface area (Å²) in [5.74, 6) is -0.737. The van der Waals surface area contributed by atoms with Crippen molar-refractivity contribution in [1.82, 2.24) is 14.8 Å². The summed E-state index contributed by atoms with van der Waals surface area (Å²) in [4.78, 5) is 36.4. The predicted octanol–water partition coefficient (Wildman–Crippen LogP) is 2.90. The highest BCUT2D eigenvalue weighted by Crippen LogP contribution is 2.22. The average molecular weight is 469 g/mol. The van der Waals surface area contributed by atoms with Crippen LogP contribution in [0.1, 0.15) is 32.1 Å². The average Bonchev–Trinajstić information content (AvgIpc) is 3.20. The summed E-state index contributed by atoms with van der Waals surface area (Å²) in [5.41, 5.74) is 1.70. The van der Waals surface area contributed by atoms with E-state index in [-0.39, 0.29) is 28.5 Å². The van der Waals surface area contributed by atoms with Gasteiger partial charge in [-0.15, -0.1) is 10.2 Å². The van der Waals surface area contributed by atoms with Crippen LogP contribution in [0, 0.1) is 0 Å². The summed E-state index contributed by atoms with van der Waals surface area (Å²) < 4.78 is 11.3. The molecular weight excluding hydrogens is 444 g/mol. The van der Waals surface area contributed by atoms with E-state index in [9.17, 15) is 14.4 Å². The Morgan fingerprint density at radius 1 is 0.970 bits per heavy atom. The Hall–Kier alpha value is -3.66. The van der Waals surface area contributed by atoms with Crippen LogP contribution in [0.3, 0.4) is 0 Å². The van der Waals surface area contributed by atoms with Gasteiger partial charge in [-0.2, -0.15) is 0 Å². The zero-order valence-corrected chi connectivity index (χ0v) is 19.3. The van der Waals surface area contributed by atoms with E-state index in [1.54, 1.807) is 0 Å². The van der Waals surface area contributed by atoms with Crippen molar-refractivity contribution >= 4 is 35.3 Å². The second kappa shape index (κ2) is 11.3. The van der Waals surface area contributed by atoms with Crippen LogP contribution in [-0.2, 0) is 34.2 Å². The van der Waals surface area contributed by atoms with Crippen LogP contribution in [0.4, 0.5) is 5.69 Å². The normalized spacial score (nSPS) is 10.5. The van der Waals surface area contributed by atoms with Crippen LogP contribution < -0.4 is 5.32 Å². The Bertz CT molecular complexity index is 1150. The van der Waals surface area contributed by atoms with E-state index in [0.717, 1.165) is 18.7 Å². The van der Waals surface area contributed by atoms with Crippen molar-refractivity contribution in [3.05, 3.63) is 71.0 Å². The van der Waals surface area contributed by atoms with E-state index in [1.165, 1.54) is 49.7 Å². The zero-order chi connectivity index (χ0) is 23.8. The third-order valence-corrected chi connectivity index (χ3v) is 5.88. The number of carbonyl (C=O) groups excluding carboxylic acids is 3. The van der Waals surface area contributed by atoms with Crippen molar-refractivity contribution < 1.29 is 23.9 Å².